The van der Waals surface area contributed by atoms with E-state index in [1.807, 2.05) is 0 Å². The van der Waals surface area contributed by atoms with E-state index < -0.39 is 63.1 Å². The van der Waals surface area contributed by atoms with Crippen LogP contribution in [0.3, 0.4) is 0 Å². The van der Waals surface area contributed by atoms with E-state index in [0.29, 0.717) is 13.0 Å². The van der Waals surface area contributed by atoms with Crippen molar-refractivity contribution in [2.45, 2.75) is 249 Å². The van der Waals surface area contributed by atoms with Gasteiger partial charge in [0.2, 0.25) is 0 Å². The van der Waals surface area contributed by atoms with Crippen LogP contribution in [-0.4, -0.2) is 98.9 Å². The van der Waals surface area contributed by atoms with Gasteiger partial charge < -0.3 is 39.9 Å². The van der Waals surface area contributed by atoms with Crippen molar-refractivity contribution in [1.29, 1.82) is 0 Å². The van der Waals surface area contributed by atoms with Crippen molar-refractivity contribution in [2.75, 3.05) is 19.8 Å². The van der Waals surface area contributed by atoms with Crippen molar-refractivity contribution in [1.82, 2.24) is 0 Å². The largest absolute Gasteiger partial charge is 0.472 e. The van der Waals surface area contributed by atoms with Crippen LogP contribution < -0.4 is 0 Å². The van der Waals surface area contributed by atoms with Crippen LogP contribution in [0.25, 0.3) is 0 Å². The van der Waals surface area contributed by atoms with Gasteiger partial charge >= 0.3 is 13.8 Å². The first-order valence-corrected chi connectivity index (χ1v) is 26.3. The number of phosphoric acid groups is 1. The van der Waals surface area contributed by atoms with E-state index in [-0.39, 0.29) is 13.0 Å². The van der Waals surface area contributed by atoms with Crippen LogP contribution in [0.5, 0.6) is 0 Å². The number of aliphatic hydroxyl groups is 5. The van der Waals surface area contributed by atoms with Crippen molar-refractivity contribution < 1.29 is 58.3 Å². The van der Waals surface area contributed by atoms with E-state index in [9.17, 15) is 39.8 Å². The Balaban J connectivity index is 2.37. The molecule has 12 nitrogen and oxygen atoms in total. The molecular formula is C49H91O12P. The highest BCUT2D eigenvalue weighted by atomic mass is 31.2. The van der Waals surface area contributed by atoms with Crippen LogP contribution in [0.4, 0.5) is 0 Å². The number of allylic oxidation sites excluding steroid dienone is 6. The van der Waals surface area contributed by atoms with Gasteiger partial charge in [0.25, 0.3) is 0 Å². The number of hydrogen-bond acceptors (Lipinski definition) is 11. The molecule has 0 aromatic rings. The number of hydrogen-bond donors (Lipinski definition) is 6. The minimum Gasteiger partial charge on any atom is -0.457 e. The molecule has 364 valence electrons. The SMILES string of the molecule is CCCCCC/C=C\C/C=C\CCCCCCCCCCOCC(COP(=O)(O)OC1C(O)C(O)C(O)C(O)C1O)OC(=O)CCCCCCC/C=C\CCCCCCCCC. The molecule has 1 aliphatic carbocycles. The fourth-order valence-corrected chi connectivity index (χ4v) is 8.47. The molecule has 1 fully saturated rings. The molecule has 0 amide bonds. The van der Waals surface area contributed by atoms with Crippen molar-refractivity contribution in [3.05, 3.63) is 36.5 Å². The Morgan fingerprint density at radius 3 is 1.39 bits per heavy atom. The predicted octanol–water partition coefficient (Wildman–Crippen LogP) is 10.6. The average Bonchev–Trinajstić information content (AvgIpc) is 3.26. The molecule has 13 heteroatoms. The highest BCUT2D eigenvalue weighted by molar-refractivity contribution is 7.47. The monoisotopic (exact) mass is 903 g/mol. The molecule has 62 heavy (non-hydrogen) atoms. The maximum atomic E-state index is 12.8. The number of carbonyl (C=O) groups excluding carboxylic acids is 1. The van der Waals surface area contributed by atoms with E-state index in [2.05, 4.69) is 50.3 Å². The number of ether oxygens (including phenoxy) is 2. The molecule has 1 rings (SSSR count). The highest BCUT2D eigenvalue weighted by Gasteiger charge is 2.51. The van der Waals surface area contributed by atoms with Crippen LogP contribution in [0.15, 0.2) is 36.5 Å². The molecule has 0 saturated heterocycles. The molecule has 1 saturated carbocycles. The van der Waals surface area contributed by atoms with Crippen molar-refractivity contribution in [3.8, 4) is 0 Å². The van der Waals surface area contributed by atoms with E-state index in [1.54, 1.807) is 0 Å². The lowest BCUT2D eigenvalue weighted by Gasteiger charge is -2.41. The number of rotatable bonds is 42. The van der Waals surface area contributed by atoms with E-state index >= 15 is 0 Å². The van der Waals surface area contributed by atoms with E-state index in [0.717, 1.165) is 77.0 Å². The Bertz CT molecular complexity index is 1170. The second-order valence-electron chi connectivity index (χ2n) is 17.3. The Hall–Kier alpha value is -1.44. The van der Waals surface area contributed by atoms with Gasteiger partial charge in [-0.05, 0) is 70.6 Å². The minimum absolute atomic E-state index is 0.0830. The number of unbranched alkanes of at least 4 members (excludes halogenated alkanes) is 24. The summed E-state index contributed by atoms with van der Waals surface area (Å²) in [5.74, 6) is -0.487. The maximum absolute atomic E-state index is 12.8. The van der Waals surface area contributed by atoms with Crippen LogP contribution in [0, 0.1) is 0 Å². The molecule has 6 atom stereocenters. The van der Waals surface area contributed by atoms with E-state index in [1.165, 1.54) is 103 Å². The molecular weight excluding hydrogens is 812 g/mol. The smallest absolute Gasteiger partial charge is 0.457 e. The molecule has 6 N–H and O–H groups in total. The first-order valence-electron chi connectivity index (χ1n) is 24.8. The van der Waals surface area contributed by atoms with Crippen LogP contribution in [0.1, 0.15) is 206 Å². The molecule has 1 aliphatic rings. The zero-order chi connectivity index (χ0) is 45.5. The second kappa shape index (κ2) is 39.9. The summed E-state index contributed by atoms with van der Waals surface area (Å²) in [7, 11) is -5.02. The Morgan fingerprint density at radius 2 is 0.903 bits per heavy atom. The summed E-state index contributed by atoms with van der Waals surface area (Å²) in [4.78, 5) is 23.2. The summed E-state index contributed by atoms with van der Waals surface area (Å²) in [6.45, 7) is 4.23. The maximum Gasteiger partial charge on any atom is 0.472 e. The quantitative estimate of drug-likeness (QED) is 0.0147. The summed E-state index contributed by atoms with van der Waals surface area (Å²) in [6.07, 6.45) is 34.9. The summed E-state index contributed by atoms with van der Waals surface area (Å²) in [5, 5.41) is 50.2. The summed E-state index contributed by atoms with van der Waals surface area (Å²) in [5.41, 5.74) is 0. The fraction of sp³-hybridized carbons (Fsp3) is 0.857. The molecule has 0 aromatic heterocycles. The second-order valence-corrected chi connectivity index (χ2v) is 18.7. The zero-order valence-electron chi connectivity index (χ0n) is 38.9. The van der Waals surface area contributed by atoms with Gasteiger partial charge in [-0.15, -0.1) is 0 Å². The lowest BCUT2D eigenvalue weighted by Crippen LogP contribution is -2.64. The van der Waals surface area contributed by atoms with Gasteiger partial charge in [0.1, 0.15) is 42.7 Å². The summed E-state index contributed by atoms with van der Waals surface area (Å²) < 4.78 is 34.2. The van der Waals surface area contributed by atoms with Crippen molar-refractivity contribution in [2.24, 2.45) is 0 Å². The Labute approximate surface area is 376 Å². The van der Waals surface area contributed by atoms with Gasteiger partial charge in [-0.3, -0.25) is 13.8 Å². The number of esters is 1. The molecule has 0 spiro atoms. The third-order valence-electron chi connectivity index (χ3n) is 11.5. The Kier molecular flexibility index (Phi) is 37.7. The molecule has 0 aromatic carbocycles. The third-order valence-corrected chi connectivity index (χ3v) is 12.5. The van der Waals surface area contributed by atoms with Gasteiger partial charge in [-0.25, -0.2) is 4.57 Å². The minimum atomic E-state index is -5.02. The predicted molar refractivity (Wildman–Crippen MR) is 249 cm³/mol. The van der Waals surface area contributed by atoms with Crippen molar-refractivity contribution >= 4 is 13.8 Å². The summed E-state index contributed by atoms with van der Waals surface area (Å²) >= 11 is 0. The van der Waals surface area contributed by atoms with Crippen LogP contribution in [0.2, 0.25) is 0 Å². The molecule has 6 unspecified atom stereocenters. The van der Waals surface area contributed by atoms with Gasteiger partial charge in [0, 0.05) is 13.0 Å². The first kappa shape index (κ1) is 58.6. The standard InChI is InChI=1S/C49H91O12P/c1-3-5-7-9-11-13-15-17-19-21-22-23-25-27-29-31-33-35-37-39-58-40-42(41-59-62(56,57)61-49-47(54)45(52)44(51)46(53)48(49)55)60-43(50)38-36-34-32-30-28-26-24-20-18-16-14-12-10-8-6-4-2/h13,15,19-21,24,42,44-49,51-55H,3-12,14,16-18,22-23,25-41H2,1-2H3,(H,56,57)/b15-13-,21-19-,24-20-. The topological polar surface area (TPSA) is 192 Å². The van der Waals surface area contributed by atoms with Gasteiger partial charge in [-0.2, -0.15) is 0 Å². The highest BCUT2D eigenvalue weighted by Crippen LogP contribution is 2.47. The molecule has 0 aliphatic heterocycles. The fourth-order valence-electron chi connectivity index (χ4n) is 7.50. The zero-order valence-corrected chi connectivity index (χ0v) is 39.8. The lowest BCUT2D eigenvalue weighted by atomic mass is 9.85. The van der Waals surface area contributed by atoms with E-state index in [4.69, 9.17) is 18.5 Å². The van der Waals surface area contributed by atoms with Crippen LogP contribution >= 0.6 is 7.82 Å². The van der Waals surface area contributed by atoms with Crippen molar-refractivity contribution in [3.63, 3.8) is 0 Å². The first-order chi connectivity index (χ1) is 30.0. The number of carbonyl (C=O) groups is 1. The molecule has 0 bridgehead atoms. The number of phosphoric ester groups is 1. The third kappa shape index (κ3) is 31.4. The normalized spacial score (nSPS) is 22.3. The average molecular weight is 903 g/mol. The van der Waals surface area contributed by atoms with Gasteiger partial charge in [-0.1, -0.05) is 166 Å². The van der Waals surface area contributed by atoms with Gasteiger partial charge in [0.15, 0.2) is 0 Å². The molecule has 0 radical (unpaired) electrons. The Morgan fingerprint density at radius 1 is 0.516 bits per heavy atom. The van der Waals surface area contributed by atoms with Gasteiger partial charge in [0.05, 0.1) is 13.2 Å². The lowest BCUT2D eigenvalue weighted by molar-refractivity contribution is -0.220. The molecule has 0 heterocycles. The van der Waals surface area contributed by atoms with Crippen LogP contribution in [-0.2, 0) is 27.9 Å². The number of aliphatic hydroxyl groups excluding tert-OH is 5. The summed E-state index contributed by atoms with van der Waals surface area (Å²) in [6, 6.07) is 0.